The number of hydrogen-bond acceptors (Lipinski definition) is 6. The molecular weight excluding hydrogens is 352 g/mol. The van der Waals surface area contributed by atoms with Gasteiger partial charge >= 0.3 is 0 Å². The summed E-state index contributed by atoms with van der Waals surface area (Å²) in [5, 5.41) is 13.2. The number of imide groups is 1. The maximum atomic E-state index is 12.4. The molecule has 0 radical (unpaired) electrons. The van der Waals surface area contributed by atoms with Gasteiger partial charge in [0.2, 0.25) is 5.91 Å². The van der Waals surface area contributed by atoms with Crippen LogP contribution >= 0.6 is 0 Å². The van der Waals surface area contributed by atoms with Gasteiger partial charge in [0.25, 0.3) is 11.8 Å². The van der Waals surface area contributed by atoms with Crippen molar-refractivity contribution in [2.75, 3.05) is 11.9 Å². The third-order valence-electron chi connectivity index (χ3n) is 3.87. The second kappa shape index (κ2) is 7.28. The molecule has 2 aromatic rings. The molecule has 1 aliphatic rings. The first-order valence-corrected chi connectivity index (χ1v) is 8.11. The average Bonchev–Trinajstić information content (AvgIpc) is 2.83. The molecule has 0 atom stereocenters. The largest absolute Gasteiger partial charge is 0.550 e. The fourth-order valence-corrected chi connectivity index (χ4v) is 2.72. The predicted octanol–water partition coefficient (Wildman–Crippen LogP) is 1.17. The SMILES string of the molecule is CC(=O)Nc1cccc(Oc2ccc3c(c2)C(=O)N(CCC(=O)[O-])C3=O)c1. The molecule has 0 spiro atoms. The van der Waals surface area contributed by atoms with Crippen molar-refractivity contribution in [2.24, 2.45) is 0 Å². The topological polar surface area (TPSA) is 116 Å². The summed E-state index contributed by atoms with van der Waals surface area (Å²) in [5.41, 5.74) is 0.896. The van der Waals surface area contributed by atoms with Gasteiger partial charge in [-0.05, 0) is 30.3 Å². The van der Waals surface area contributed by atoms with Gasteiger partial charge in [0.15, 0.2) is 0 Å². The van der Waals surface area contributed by atoms with Gasteiger partial charge in [-0.1, -0.05) is 6.07 Å². The number of ether oxygens (including phenoxy) is 1. The van der Waals surface area contributed by atoms with Crippen LogP contribution in [0.5, 0.6) is 11.5 Å². The summed E-state index contributed by atoms with van der Waals surface area (Å²) in [6.07, 6.45) is -0.426. The van der Waals surface area contributed by atoms with E-state index in [1.807, 2.05) is 0 Å². The molecule has 138 valence electrons. The molecule has 8 heteroatoms. The number of carbonyl (C=O) groups is 4. The summed E-state index contributed by atoms with van der Waals surface area (Å²) in [4.78, 5) is 47.2. The first-order chi connectivity index (χ1) is 12.8. The van der Waals surface area contributed by atoms with Crippen LogP contribution in [0.25, 0.3) is 0 Å². The van der Waals surface area contributed by atoms with E-state index >= 15 is 0 Å². The van der Waals surface area contributed by atoms with E-state index in [2.05, 4.69) is 5.32 Å². The van der Waals surface area contributed by atoms with E-state index < -0.39 is 24.2 Å². The van der Waals surface area contributed by atoms with Crippen LogP contribution in [-0.2, 0) is 9.59 Å². The van der Waals surface area contributed by atoms with E-state index in [1.54, 1.807) is 24.3 Å². The summed E-state index contributed by atoms with van der Waals surface area (Å²) in [6, 6.07) is 11.1. The van der Waals surface area contributed by atoms with Crippen LogP contribution in [0.3, 0.4) is 0 Å². The minimum Gasteiger partial charge on any atom is -0.550 e. The number of carboxylic acid groups (broad SMARTS) is 1. The predicted molar refractivity (Wildman–Crippen MR) is 92.3 cm³/mol. The molecule has 0 unspecified atom stereocenters. The minimum atomic E-state index is -1.34. The van der Waals surface area contributed by atoms with E-state index in [0.717, 1.165) is 4.90 Å². The third kappa shape index (κ3) is 3.95. The highest BCUT2D eigenvalue weighted by atomic mass is 16.5. The highest BCUT2D eigenvalue weighted by Crippen LogP contribution is 2.30. The summed E-state index contributed by atoms with van der Waals surface area (Å²) < 4.78 is 5.71. The normalized spacial score (nSPS) is 12.7. The molecule has 3 amide bonds. The molecule has 1 heterocycles. The maximum Gasteiger partial charge on any atom is 0.261 e. The van der Waals surface area contributed by atoms with Crippen LogP contribution in [-0.4, -0.2) is 35.1 Å². The van der Waals surface area contributed by atoms with E-state index in [0.29, 0.717) is 17.2 Å². The second-order valence-electron chi connectivity index (χ2n) is 5.90. The van der Waals surface area contributed by atoms with Crippen molar-refractivity contribution < 1.29 is 29.0 Å². The van der Waals surface area contributed by atoms with E-state index in [-0.39, 0.29) is 23.6 Å². The number of benzene rings is 2. The van der Waals surface area contributed by atoms with Crippen molar-refractivity contribution in [1.29, 1.82) is 0 Å². The second-order valence-corrected chi connectivity index (χ2v) is 5.90. The molecule has 1 N–H and O–H groups in total. The Balaban J connectivity index is 1.80. The minimum absolute atomic E-state index is 0.147. The fraction of sp³-hybridized carbons (Fsp3) is 0.158. The Kier molecular flexibility index (Phi) is 4.89. The molecule has 1 aliphatic heterocycles. The zero-order chi connectivity index (χ0) is 19.6. The third-order valence-corrected chi connectivity index (χ3v) is 3.87. The van der Waals surface area contributed by atoms with Crippen molar-refractivity contribution in [1.82, 2.24) is 4.90 Å². The van der Waals surface area contributed by atoms with Gasteiger partial charge in [-0.25, -0.2) is 0 Å². The molecule has 0 saturated heterocycles. The monoisotopic (exact) mass is 367 g/mol. The molecule has 0 aromatic heterocycles. The van der Waals surface area contributed by atoms with Crippen LogP contribution in [0.4, 0.5) is 5.69 Å². The molecule has 0 aliphatic carbocycles. The molecule has 2 aromatic carbocycles. The zero-order valence-electron chi connectivity index (χ0n) is 14.4. The lowest BCUT2D eigenvalue weighted by atomic mass is 10.1. The van der Waals surface area contributed by atoms with Crippen molar-refractivity contribution in [2.45, 2.75) is 13.3 Å². The van der Waals surface area contributed by atoms with Crippen molar-refractivity contribution >= 4 is 29.4 Å². The van der Waals surface area contributed by atoms with Crippen LogP contribution in [0.15, 0.2) is 42.5 Å². The van der Waals surface area contributed by atoms with Gasteiger partial charge in [0.1, 0.15) is 11.5 Å². The summed E-state index contributed by atoms with van der Waals surface area (Å²) in [6.45, 7) is 1.15. The Morgan fingerprint density at radius 3 is 2.44 bits per heavy atom. The zero-order valence-corrected chi connectivity index (χ0v) is 14.4. The van der Waals surface area contributed by atoms with Gasteiger partial charge in [-0.15, -0.1) is 0 Å². The van der Waals surface area contributed by atoms with E-state index in [9.17, 15) is 24.3 Å². The van der Waals surface area contributed by atoms with E-state index in [4.69, 9.17) is 4.74 Å². The number of amides is 3. The summed E-state index contributed by atoms with van der Waals surface area (Å²) >= 11 is 0. The number of fused-ring (bicyclic) bond motifs is 1. The molecular formula is C19H15N2O6-. The standard InChI is InChI=1S/C19H16N2O6/c1-11(22)20-12-3-2-4-13(9-12)27-14-5-6-15-16(10-14)19(26)21(18(15)25)8-7-17(23)24/h2-6,9-10H,7-8H2,1H3,(H,20,22)(H,23,24)/p-1. The molecule has 3 rings (SSSR count). The Labute approximate surface area is 154 Å². The van der Waals surface area contributed by atoms with Crippen LogP contribution in [0, 0.1) is 0 Å². The molecule has 27 heavy (non-hydrogen) atoms. The first kappa shape index (κ1) is 18.1. The van der Waals surface area contributed by atoms with Crippen LogP contribution in [0.2, 0.25) is 0 Å². The lowest BCUT2D eigenvalue weighted by molar-refractivity contribution is -0.305. The Bertz CT molecular complexity index is 953. The molecule has 0 bridgehead atoms. The van der Waals surface area contributed by atoms with Gasteiger partial charge in [-0.2, -0.15) is 0 Å². The quantitative estimate of drug-likeness (QED) is 0.766. The number of anilines is 1. The van der Waals surface area contributed by atoms with Crippen molar-refractivity contribution in [3.05, 3.63) is 53.6 Å². The van der Waals surface area contributed by atoms with Crippen LogP contribution in [0.1, 0.15) is 34.1 Å². The number of rotatable bonds is 6. The number of carboxylic acids is 1. The Morgan fingerprint density at radius 2 is 1.74 bits per heavy atom. The molecule has 0 fully saturated rings. The van der Waals surface area contributed by atoms with Crippen LogP contribution < -0.4 is 15.2 Å². The number of carbonyl (C=O) groups excluding carboxylic acids is 4. The fourth-order valence-electron chi connectivity index (χ4n) is 2.72. The molecule has 0 saturated carbocycles. The lowest BCUT2D eigenvalue weighted by Gasteiger charge is -2.13. The number of aliphatic carboxylic acids is 1. The van der Waals surface area contributed by atoms with Gasteiger partial charge in [-0.3, -0.25) is 19.3 Å². The molecule has 8 nitrogen and oxygen atoms in total. The Hall–Kier alpha value is -3.68. The van der Waals surface area contributed by atoms with Gasteiger partial charge in [0.05, 0.1) is 11.1 Å². The van der Waals surface area contributed by atoms with Crippen molar-refractivity contribution in [3.8, 4) is 11.5 Å². The van der Waals surface area contributed by atoms with E-state index in [1.165, 1.54) is 25.1 Å². The number of nitrogens with zero attached hydrogens (tertiary/aromatic N) is 1. The highest BCUT2D eigenvalue weighted by molar-refractivity contribution is 6.21. The first-order valence-electron chi connectivity index (χ1n) is 8.11. The van der Waals surface area contributed by atoms with Gasteiger partial charge < -0.3 is 20.0 Å². The smallest absolute Gasteiger partial charge is 0.261 e. The number of hydrogen-bond donors (Lipinski definition) is 1. The highest BCUT2D eigenvalue weighted by Gasteiger charge is 2.35. The lowest BCUT2D eigenvalue weighted by Crippen LogP contribution is -2.34. The Morgan fingerprint density at radius 1 is 1.04 bits per heavy atom. The number of nitrogens with one attached hydrogen (secondary N) is 1. The van der Waals surface area contributed by atoms with Gasteiger partial charge in [0, 0.05) is 37.6 Å². The summed E-state index contributed by atoms with van der Waals surface area (Å²) in [7, 11) is 0. The maximum absolute atomic E-state index is 12.4. The summed E-state index contributed by atoms with van der Waals surface area (Å²) in [5.74, 6) is -1.91. The van der Waals surface area contributed by atoms with Crippen molar-refractivity contribution in [3.63, 3.8) is 0 Å². The average molecular weight is 367 g/mol.